The molecule has 0 aliphatic rings. The quantitative estimate of drug-likeness (QED) is 0.214. The molecule has 98 heteroatoms. The molecule has 0 aromatic carbocycles. The third-order valence-corrected chi connectivity index (χ3v) is 0. The molecule has 0 heterocycles. The van der Waals surface area contributed by atoms with Gasteiger partial charge in [0.25, 0.3) is 0 Å². The van der Waals surface area contributed by atoms with Gasteiger partial charge in [0, 0.05) is 0 Å². The molecule has 98 heavy (non-hydrogen) atoms. The van der Waals surface area contributed by atoms with Gasteiger partial charge in [0.2, 0.25) is 0 Å². The molecule has 0 saturated carbocycles. The molecule has 0 aromatic rings. The maximum absolute atomic E-state index is 0. The summed E-state index contributed by atoms with van der Waals surface area (Å²) < 4.78 is 0. The number of hydrogen-bond donors (Lipinski definition) is 0. The predicted octanol–water partition coefficient (Wildman–Crippen LogP) is -85.4. The molecule has 187 N–H and O–H groups in total. The molecule has 0 spiro atoms. The van der Waals surface area contributed by atoms with Crippen molar-refractivity contribution < 1.29 is 609 Å². The van der Waals surface area contributed by atoms with E-state index in [1.54, 1.807) is 0 Å². The molecule has 0 bridgehead atoms. The predicted molar refractivity (Wildman–Crippen MR) is 338 cm³/mol. The molecule has 0 atom stereocenters. The number of hydrogen-bond acceptors (Lipinski definition) is 3. The van der Waals surface area contributed by atoms with Crippen LogP contribution in [0.5, 0.6) is 0 Å². The van der Waals surface area contributed by atoms with Crippen molar-refractivity contribution >= 4 is 0 Å². The van der Waals surface area contributed by atoms with Gasteiger partial charge in [0.05, 0.1) is 0 Å². The van der Waals surface area contributed by atoms with Crippen LogP contribution in [0, 0.1) is 0 Å². The summed E-state index contributed by atoms with van der Waals surface area (Å²) in [5.74, 6) is 0. The first-order valence-electron chi connectivity index (χ1n) is 0. The summed E-state index contributed by atoms with van der Waals surface area (Å²) in [6, 6.07) is 0. The van der Waals surface area contributed by atoms with Crippen LogP contribution in [0.3, 0.4) is 0 Å². The Morgan fingerprint density at radius 2 is 0.0306 bits per heavy atom. The SMILES string of the molecule is O.O.O.O.O.O.O.O.O.O.O.O.O.O.O.O.O.O.O.O.O.O.O.O.O.O.O.O.O.O.O.O.O.O.O.O.O.O.O.O.O.O.O.O.O.O.O.O.O.O.O.O.O.O.O.O.O.O.O.O.O.O.O.O.O.O.O.O.O.O.O.O.O.O.O.O.O.O.O.O.O.O.O.O.O.O.O.O.O.O.O.O.[Na+].[Na+].[Na+].[OH-].[OH-].[OH-]. The average molecular weight is 1780 g/mol. The normalized spacial score (nSPS) is 0. The second kappa shape index (κ2) is 1360000. The second-order valence-electron chi connectivity index (χ2n) is 0. The van der Waals surface area contributed by atoms with Crippen LogP contribution in [0.4, 0.5) is 0 Å². The summed E-state index contributed by atoms with van der Waals surface area (Å²) in [4.78, 5) is 0. The Kier molecular flexibility index (Phi) is 19500000000. The van der Waals surface area contributed by atoms with Crippen molar-refractivity contribution in [2.24, 2.45) is 0 Å². The van der Waals surface area contributed by atoms with Crippen LogP contribution in [-0.4, -0.2) is 520 Å². The van der Waals surface area contributed by atoms with Gasteiger partial charge in [-0.3, -0.25) is 0 Å². The summed E-state index contributed by atoms with van der Waals surface area (Å²) in [6.45, 7) is 0. The van der Waals surface area contributed by atoms with E-state index in [4.69, 9.17) is 0 Å². The van der Waals surface area contributed by atoms with E-state index in [2.05, 4.69) is 0 Å². The van der Waals surface area contributed by atoms with Crippen molar-refractivity contribution in [2.45, 2.75) is 0 Å². The van der Waals surface area contributed by atoms with Crippen LogP contribution in [-0.2, 0) is 0 Å². The Bertz CT molecular complexity index is 19.4. The number of rotatable bonds is 0. The molecule has 0 amide bonds. The minimum absolute atomic E-state index is 0. The minimum Gasteiger partial charge on any atom is -0.870 e. The van der Waals surface area contributed by atoms with Gasteiger partial charge in [-0.25, -0.2) is 0 Å². The van der Waals surface area contributed by atoms with Gasteiger partial charge in [-0.1, -0.05) is 0 Å². The Labute approximate surface area is 607 Å². The molecule has 0 aliphatic heterocycles. The molecule has 760 valence electrons. The molecular formula is H187Na3O95. The standard InChI is InChI=1S/3Na.95H2O/h;;;95*1H2/q3*+1;;;;;;;;;;;;;;;;;;;;;;;;;;;;;;;;;;;;;;;;;;;;;;;;;;;;;;;;;;;;;;;;;;;;;;;;;;;;;;;;;;;;;;;;;;;;;;;/p-3. The minimum atomic E-state index is 0. The first-order valence-corrected chi connectivity index (χ1v) is 0. The van der Waals surface area contributed by atoms with Crippen molar-refractivity contribution in [2.75, 3.05) is 0 Å². The Morgan fingerprint density at radius 1 is 0.0306 bits per heavy atom. The van der Waals surface area contributed by atoms with Crippen LogP contribution < -0.4 is 88.7 Å². The van der Waals surface area contributed by atoms with Gasteiger partial charge in [0.15, 0.2) is 0 Å². The Balaban J connectivity index is 0. The average Bonchev–Trinajstić information content (AvgIpc) is 0. The molecule has 0 saturated heterocycles. The molecule has 0 rings (SSSR count). The Morgan fingerprint density at radius 3 is 0.0306 bits per heavy atom. The van der Waals surface area contributed by atoms with E-state index in [0.717, 1.165) is 0 Å². The second-order valence-corrected chi connectivity index (χ2v) is 0. The first-order chi connectivity index (χ1) is 0. The Hall–Kier alpha value is -0.800. The van der Waals surface area contributed by atoms with Gasteiger partial charge in [-0.2, -0.15) is 0 Å². The van der Waals surface area contributed by atoms with Crippen molar-refractivity contribution in [3.05, 3.63) is 0 Å². The van der Waals surface area contributed by atoms with Crippen LogP contribution in [0.15, 0.2) is 0 Å². The monoisotopic (exact) mass is 1780 g/mol. The van der Waals surface area contributed by atoms with E-state index in [0.29, 0.717) is 0 Å². The maximum atomic E-state index is 0. The fraction of sp³-hybridized carbons (Fsp3) is 0. The molecule has 0 radical (unpaired) electrons. The summed E-state index contributed by atoms with van der Waals surface area (Å²) in [6.07, 6.45) is 0. The van der Waals surface area contributed by atoms with Crippen LogP contribution in [0.25, 0.3) is 0 Å². The van der Waals surface area contributed by atoms with Gasteiger partial charge < -0.3 is 520 Å². The zero-order valence-electron chi connectivity index (χ0n) is 50.3. The molecule has 0 aliphatic carbocycles. The van der Waals surface area contributed by atoms with Gasteiger partial charge >= 0.3 is 88.7 Å². The molecule has 0 unspecified atom stereocenters. The third kappa shape index (κ3) is 1320000. The van der Waals surface area contributed by atoms with Crippen molar-refractivity contribution in [3.8, 4) is 0 Å². The van der Waals surface area contributed by atoms with Gasteiger partial charge in [0.1, 0.15) is 0 Å². The van der Waals surface area contributed by atoms with Gasteiger partial charge in [-0.15, -0.1) is 0 Å². The van der Waals surface area contributed by atoms with E-state index >= 15 is 0 Å². The van der Waals surface area contributed by atoms with E-state index < -0.39 is 0 Å². The molecular weight excluding hydrogens is 1590 g/mol. The summed E-state index contributed by atoms with van der Waals surface area (Å²) in [5, 5.41) is 0. The smallest absolute Gasteiger partial charge is 0.870 e. The molecule has 95 nitrogen and oxygen atoms in total. The van der Waals surface area contributed by atoms with Crippen LogP contribution >= 0.6 is 0 Å². The maximum Gasteiger partial charge on any atom is 1.00 e. The first kappa shape index (κ1) is 1410000. The zero-order chi connectivity index (χ0) is 0. The fourth-order valence-electron chi connectivity index (χ4n) is 0. The fourth-order valence-corrected chi connectivity index (χ4v) is 0. The third-order valence-electron chi connectivity index (χ3n) is 0. The zero-order valence-corrected chi connectivity index (χ0v) is 56.3. The van der Waals surface area contributed by atoms with Crippen LogP contribution in [0.2, 0.25) is 0 Å². The van der Waals surface area contributed by atoms with E-state index in [9.17, 15) is 0 Å². The summed E-state index contributed by atoms with van der Waals surface area (Å²) >= 11 is 0. The summed E-state index contributed by atoms with van der Waals surface area (Å²) in [5.41, 5.74) is 0. The molecule has 0 fully saturated rings. The largest absolute Gasteiger partial charge is 1.00 e. The van der Waals surface area contributed by atoms with E-state index in [1.807, 2.05) is 0 Å². The van der Waals surface area contributed by atoms with Crippen molar-refractivity contribution in [1.29, 1.82) is 0 Å². The molecule has 0 aromatic heterocycles. The topological polar surface area (TPSA) is 2990 Å². The summed E-state index contributed by atoms with van der Waals surface area (Å²) in [7, 11) is 0. The van der Waals surface area contributed by atoms with Crippen LogP contribution in [0.1, 0.15) is 0 Å². The van der Waals surface area contributed by atoms with Crippen molar-refractivity contribution in [3.63, 3.8) is 0 Å². The van der Waals surface area contributed by atoms with Gasteiger partial charge in [-0.05, 0) is 0 Å². The van der Waals surface area contributed by atoms with Crippen molar-refractivity contribution in [1.82, 2.24) is 0 Å². The van der Waals surface area contributed by atoms with E-state index in [-0.39, 0.29) is 609 Å². The van der Waals surface area contributed by atoms with E-state index in [1.165, 1.54) is 0 Å².